The predicted octanol–water partition coefficient (Wildman–Crippen LogP) is 1.43. The molecule has 0 spiro atoms. The topological polar surface area (TPSA) is 12.9 Å². The molecule has 0 saturated carbocycles. The highest BCUT2D eigenvalue weighted by molar-refractivity contribution is 5.17. The maximum absolute atomic E-state index is 5.15. The molecule has 1 aromatic rings. The van der Waals surface area contributed by atoms with Gasteiger partial charge >= 0.3 is 0 Å². The molecule has 0 amide bonds. The second-order valence-electron chi connectivity index (χ2n) is 2.38. The van der Waals surface area contributed by atoms with Gasteiger partial charge < -0.3 is 0 Å². The van der Waals surface area contributed by atoms with Crippen LogP contribution in [0.4, 0.5) is 0 Å². The lowest BCUT2D eigenvalue weighted by Gasteiger charge is -1.97. The van der Waals surface area contributed by atoms with Crippen molar-refractivity contribution in [1.29, 1.82) is 0 Å². The van der Waals surface area contributed by atoms with Crippen LogP contribution in [0, 0.1) is 24.7 Å². The van der Waals surface area contributed by atoms with Crippen molar-refractivity contribution in [2.75, 3.05) is 0 Å². The molecular formula is C11H9N. The summed E-state index contributed by atoms with van der Waals surface area (Å²) >= 11 is 0. The average molecular weight is 155 g/mol. The minimum Gasteiger partial charge on any atom is -0.256 e. The standard InChI is InChI=1S/C11H9N/c1-3-6-10-8-5-9-11(12-10)7-4-2/h1-2,5,8-9H,6-7H2. The molecule has 58 valence electrons. The smallest absolute Gasteiger partial charge is 0.0526 e. The fraction of sp³-hybridized carbons (Fsp3) is 0.182. The van der Waals surface area contributed by atoms with Gasteiger partial charge in [0.25, 0.3) is 0 Å². The maximum Gasteiger partial charge on any atom is 0.0526 e. The van der Waals surface area contributed by atoms with Gasteiger partial charge in [0.05, 0.1) is 24.2 Å². The summed E-state index contributed by atoms with van der Waals surface area (Å²) in [5.74, 6) is 5.08. The van der Waals surface area contributed by atoms with Gasteiger partial charge in [-0.1, -0.05) is 6.07 Å². The van der Waals surface area contributed by atoms with E-state index in [9.17, 15) is 0 Å². The van der Waals surface area contributed by atoms with Crippen LogP contribution < -0.4 is 0 Å². The second-order valence-corrected chi connectivity index (χ2v) is 2.38. The Morgan fingerprint density at radius 1 is 1.08 bits per heavy atom. The van der Waals surface area contributed by atoms with Gasteiger partial charge in [-0.15, -0.1) is 24.7 Å². The van der Waals surface area contributed by atoms with E-state index in [4.69, 9.17) is 12.8 Å². The summed E-state index contributed by atoms with van der Waals surface area (Å²) < 4.78 is 0. The number of aromatic nitrogens is 1. The lowest BCUT2D eigenvalue weighted by Crippen LogP contribution is -1.92. The summed E-state index contributed by atoms with van der Waals surface area (Å²) in [6.07, 6.45) is 11.4. The van der Waals surface area contributed by atoms with Crippen LogP contribution in [0.1, 0.15) is 11.4 Å². The normalized spacial score (nSPS) is 8.50. The molecule has 0 bridgehead atoms. The molecule has 1 aromatic heterocycles. The molecule has 0 N–H and O–H groups in total. The number of rotatable bonds is 2. The molecule has 1 heterocycles. The molecule has 0 aliphatic heterocycles. The van der Waals surface area contributed by atoms with E-state index in [2.05, 4.69) is 16.8 Å². The van der Waals surface area contributed by atoms with E-state index in [0.717, 1.165) is 11.4 Å². The van der Waals surface area contributed by atoms with Crippen LogP contribution in [0.5, 0.6) is 0 Å². The van der Waals surface area contributed by atoms with E-state index in [0.29, 0.717) is 12.8 Å². The van der Waals surface area contributed by atoms with Crippen LogP contribution in [0.25, 0.3) is 0 Å². The Morgan fingerprint density at radius 3 is 2.00 bits per heavy atom. The molecule has 0 fully saturated rings. The highest BCUT2D eigenvalue weighted by atomic mass is 14.7. The second kappa shape index (κ2) is 4.21. The Bertz CT molecular complexity index is 308. The van der Waals surface area contributed by atoms with Gasteiger partial charge in [0.1, 0.15) is 0 Å². The summed E-state index contributed by atoms with van der Waals surface area (Å²) in [5.41, 5.74) is 1.82. The minimum atomic E-state index is 0.568. The lowest BCUT2D eigenvalue weighted by atomic mass is 10.2. The van der Waals surface area contributed by atoms with Gasteiger partial charge in [-0.25, -0.2) is 0 Å². The third kappa shape index (κ3) is 2.15. The predicted molar refractivity (Wildman–Crippen MR) is 49.3 cm³/mol. The Hall–Kier alpha value is -1.73. The number of terminal acetylenes is 2. The fourth-order valence-electron chi connectivity index (χ4n) is 0.935. The minimum absolute atomic E-state index is 0.568. The summed E-state index contributed by atoms with van der Waals surface area (Å²) in [7, 11) is 0. The van der Waals surface area contributed by atoms with Gasteiger partial charge in [0.2, 0.25) is 0 Å². The molecule has 0 saturated heterocycles. The van der Waals surface area contributed by atoms with Gasteiger partial charge in [0.15, 0.2) is 0 Å². The van der Waals surface area contributed by atoms with Crippen molar-refractivity contribution in [3.8, 4) is 24.7 Å². The van der Waals surface area contributed by atoms with E-state index in [1.54, 1.807) is 0 Å². The molecule has 0 atom stereocenters. The summed E-state index contributed by atoms with van der Waals surface area (Å²) in [6.45, 7) is 0. The van der Waals surface area contributed by atoms with Crippen LogP contribution in [0.15, 0.2) is 18.2 Å². The fourth-order valence-corrected chi connectivity index (χ4v) is 0.935. The molecule has 0 aliphatic rings. The Balaban J connectivity index is 2.84. The summed E-state index contributed by atoms with van der Waals surface area (Å²) in [5, 5.41) is 0. The van der Waals surface area contributed by atoms with E-state index in [1.807, 2.05) is 18.2 Å². The van der Waals surface area contributed by atoms with E-state index in [-0.39, 0.29) is 0 Å². The van der Waals surface area contributed by atoms with Gasteiger partial charge in [-0.3, -0.25) is 4.98 Å². The van der Waals surface area contributed by atoms with Crippen molar-refractivity contribution in [2.45, 2.75) is 12.8 Å². The van der Waals surface area contributed by atoms with Crippen LogP contribution in [-0.4, -0.2) is 4.98 Å². The van der Waals surface area contributed by atoms with Crippen molar-refractivity contribution in [3.63, 3.8) is 0 Å². The largest absolute Gasteiger partial charge is 0.256 e. The van der Waals surface area contributed by atoms with E-state index in [1.165, 1.54) is 0 Å². The third-order valence-corrected chi connectivity index (χ3v) is 1.43. The lowest BCUT2D eigenvalue weighted by molar-refractivity contribution is 1.05. The van der Waals surface area contributed by atoms with Crippen LogP contribution in [0.3, 0.4) is 0 Å². The van der Waals surface area contributed by atoms with E-state index >= 15 is 0 Å². The highest BCUT2D eigenvalue weighted by Gasteiger charge is 1.93. The molecule has 12 heavy (non-hydrogen) atoms. The molecule has 0 radical (unpaired) electrons. The molecule has 0 aliphatic carbocycles. The van der Waals surface area contributed by atoms with Crippen LogP contribution in [0.2, 0.25) is 0 Å². The number of nitrogens with zero attached hydrogens (tertiary/aromatic N) is 1. The van der Waals surface area contributed by atoms with Crippen molar-refractivity contribution in [2.24, 2.45) is 0 Å². The van der Waals surface area contributed by atoms with Crippen molar-refractivity contribution < 1.29 is 0 Å². The summed E-state index contributed by atoms with van der Waals surface area (Å²) in [6, 6.07) is 5.73. The highest BCUT2D eigenvalue weighted by Crippen LogP contribution is 2.00. The summed E-state index contributed by atoms with van der Waals surface area (Å²) in [4.78, 5) is 4.27. The first-order chi connectivity index (χ1) is 5.86. The first kappa shape index (κ1) is 8.37. The van der Waals surface area contributed by atoms with Crippen LogP contribution >= 0.6 is 0 Å². The molecular weight excluding hydrogens is 146 g/mol. The third-order valence-electron chi connectivity index (χ3n) is 1.43. The van der Waals surface area contributed by atoms with Gasteiger partial charge in [0, 0.05) is 0 Å². The van der Waals surface area contributed by atoms with E-state index < -0.39 is 0 Å². The van der Waals surface area contributed by atoms with Gasteiger partial charge in [-0.05, 0) is 12.1 Å². The first-order valence-electron chi connectivity index (χ1n) is 3.68. The maximum atomic E-state index is 5.15. The zero-order valence-corrected chi connectivity index (χ0v) is 6.75. The molecule has 0 aromatic carbocycles. The zero-order valence-electron chi connectivity index (χ0n) is 6.75. The number of pyridine rings is 1. The Morgan fingerprint density at radius 2 is 1.58 bits per heavy atom. The monoisotopic (exact) mass is 155 g/mol. The van der Waals surface area contributed by atoms with Gasteiger partial charge in [-0.2, -0.15) is 0 Å². The van der Waals surface area contributed by atoms with Crippen molar-refractivity contribution in [1.82, 2.24) is 4.98 Å². The van der Waals surface area contributed by atoms with Crippen molar-refractivity contribution >= 4 is 0 Å². The molecule has 1 nitrogen and oxygen atoms in total. The SMILES string of the molecule is C#CCc1cccc(CC#C)n1. The Labute approximate surface area is 72.8 Å². The van der Waals surface area contributed by atoms with Crippen molar-refractivity contribution in [3.05, 3.63) is 29.6 Å². The average Bonchev–Trinajstić information content (AvgIpc) is 2.06. The molecule has 1 heteroatoms. The van der Waals surface area contributed by atoms with Crippen LogP contribution in [-0.2, 0) is 12.8 Å². The quantitative estimate of drug-likeness (QED) is 0.589. The number of hydrogen-bond donors (Lipinski definition) is 0. The zero-order chi connectivity index (χ0) is 8.81. The first-order valence-corrected chi connectivity index (χ1v) is 3.68. The molecule has 0 unspecified atom stereocenters. The molecule has 1 rings (SSSR count). The Kier molecular flexibility index (Phi) is 2.94. The number of hydrogen-bond acceptors (Lipinski definition) is 1.